The molecular weight excluding hydrogens is 362 g/mol. The largest absolute Gasteiger partial charge is 0.478 e. The van der Waals surface area contributed by atoms with Gasteiger partial charge in [-0.1, -0.05) is 60.7 Å². The summed E-state index contributed by atoms with van der Waals surface area (Å²) in [5.41, 5.74) is 0.998. The summed E-state index contributed by atoms with van der Waals surface area (Å²) >= 11 is 0. The molecule has 144 valence electrons. The molecule has 1 aliphatic rings. The van der Waals surface area contributed by atoms with Gasteiger partial charge in [0.2, 0.25) is 6.79 Å². The van der Waals surface area contributed by atoms with Crippen molar-refractivity contribution in [3.63, 3.8) is 0 Å². The van der Waals surface area contributed by atoms with Crippen LogP contribution >= 0.6 is 0 Å². The average molecular weight is 381 g/mol. The Bertz CT molecular complexity index is 918. The maximum absolute atomic E-state index is 12.8. The number of hydrogen-bond donors (Lipinski definition) is 3. The number of carbonyl (C=O) groups is 2. The van der Waals surface area contributed by atoms with Gasteiger partial charge in [0.15, 0.2) is 11.5 Å². The lowest BCUT2D eigenvalue weighted by atomic mass is 9.98. The molecule has 28 heavy (non-hydrogen) atoms. The molecule has 3 N–H and O–H groups in total. The molecule has 0 unspecified atom stereocenters. The van der Waals surface area contributed by atoms with Gasteiger partial charge in [0.05, 0.1) is 12.2 Å². The summed E-state index contributed by atoms with van der Waals surface area (Å²) in [5.74, 6) is -1.68. The van der Waals surface area contributed by atoms with Gasteiger partial charge in [-0.05, 0) is 11.1 Å². The fraction of sp³-hybridized carbons (Fsp3) is 0.143. The summed E-state index contributed by atoms with van der Waals surface area (Å²) in [6.07, 6.45) is 0. The van der Waals surface area contributed by atoms with Crippen LogP contribution in [0.1, 0.15) is 11.1 Å². The molecule has 1 amide bonds. The number of carboxylic acid groups (broad SMARTS) is 1. The smallest absolute Gasteiger partial charge is 0.340 e. The minimum absolute atomic E-state index is 0.0169. The first-order chi connectivity index (χ1) is 13.6. The molecule has 1 fully saturated rings. The molecule has 0 bridgehead atoms. The first kappa shape index (κ1) is 19.2. The Kier molecular flexibility index (Phi) is 6.08. The number of amides is 1. The number of aliphatic carboxylic acids is 1. The number of aliphatic hydroxyl groups excluding tert-OH is 1. The van der Waals surface area contributed by atoms with Gasteiger partial charge in [-0.2, -0.15) is 0 Å². The SMILES string of the molecule is O=C(O)C(=C1OCOC1=C(C(=O)NCCO)c1ccccc1)c1ccccc1. The molecule has 0 radical (unpaired) electrons. The van der Waals surface area contributed by atoms with Crippen LogP contribution < -0.4 is 5.32 Å². The second kappa shape index (κ2) is 8.88. The van der Waals surface area contributed by atoms with Crippen LogP contribution in [-0.4, -0.2) is 42.0 Å². The Morgan fingerprint density at radius 3 is 1.86 bits per heavy atom. The summed E-state index contributed by atoms with van der Waals surface area (Å²) in [6, 6.07) is 17.2. The zero-order valence-electron chi connectivity index (χ0n) is 14.9. The van der Waals surface area contributed by atoms with E-state index in [0.717, 1.165) is 0 Å². The van der Waals surface area contributed by atoms with E-state index in [1.54, 1.807) is 60.7 Å². The number of aliphatic hydroxyl groups is 1. The zero-order valence-corrected chi connectivity index (χ0v) is 14.9. The van der Waals surface area contributed by atoms with Gasteiger partial charge in [0, 0.05) is 6.54 Å². The predicted octanol–water partition coefficient (Wildman–Crippen LogP) is 2.01. The van der Waals surface area contributed by atoms with Crippen LogP contribution in [0.4, 0.5) is 0 Å². The normalized spacial score (nSPS) is 16.6. The van der Waals surface area contributed by atoms with E-state index in [1.165, 1.54) is 0 Å². The third-order valence-electron chi connectivity index (χ3n) is 4.03. The van der Waals surface area contributed by atoms with E-state index in [4.69, 9.17) is 14.6 Å². The molecule has 7 nitrogen and oxygen atoms in total. The van der Waals surface area contributed by atoms with Crippen LogP contribution in [0.25, 0.3) is 11.1 Å². The van der Waals surface area contributed by atoms with E-state index in [1.807, 2.05) is 0 Å². The number of carbonyl (C=O) groups excluding carboxylic acids is 1. The van der Waals surface area contributed by atoms with Crippen molar-refractivity contribution in [1.82, 2.24) is 5.32 Å². The van der Waals surface area contributed by atoms with Gasteiger partial charge >= 0.3 is 5.97 Å². The van der Waals surface area contributed by atoms with Crippen LogP contribution in [0.3, 0.4) is 0 Å². The van der Waals surface area contributed by atoms with E-state index < -0.39 is 11.9 Å². The van der Waals surface area contributed by atoms with Crippen molar-refractivity contribution in [2.45, 2.75) is 0 Å². The maximum Gasteiger partial charge on any atom is 0.340 e. The van der Waals surface area contributed by atoms with Crippen LogP contribution in [0.2, 0.25) is 0 Å². The minimum Gasteiger partial charge on any atom is -0.478 e. The van der Waals surface area contributed by atoms with Crippen LogP contribution in [0, 0.1) is 0 Å². The van der Waals surface area contributed by atoms with E-state index in [9.17, 15) is 14.7 Å². The van der Waals surface area contributed by atoms with Crippen molar-refractivity contribution in [2.75, 3.05) is 19.9 Å². The highest BCUT2D eigenvalue weighted by atomic mass is 16.7. The number of ether oxygens (including phenoxy) is 2. The van der Waals surface area contributed by atoms with Crippen LogP contribution in [0.5, 0.6) is 0 Å². The lowest BCUT2D eigenvalue weighted by molar-refractivity contribution is -0.130. The van der Waals surface area contributed by atoms with E-state index >= 15 is 0 Å². The van der Waals surface area contributed by atoms with Gasteiger partial charge in [-0.3, -0.25) is 4.79 Å². The molecule has 7 heteroatoms. The Labute approximate surface area is 161 Å². The summed E-state index contributed by atoms with van der Waals surface area (Å²) in [5, 5.41) is 21.4. The number of carboxylic acids is 1. The third kappa shape index (κ3) is 4.05. The molecule has 3 rings (SSSR count). The highest BCUT2D eigenvalue weighted by molar-refractivity contribution is 6.23. The minimum atomic E-state index is -1.20. The van der Waals surface area contributed by atoms with Gasteiger partial charge in [0.25, 0.3) is 5.91 Å². The highest BCUT2D eigenvalue weighted by Crippen LogP contribution is 2.35. The maximum atomic E-state index is 12.8. The summed E-state index contributed by atoms with van der Waals surface area (Å²) < 4.78 is 11.0. The Balaban J connectivity index is 2.23. The Hall–Kier alpha value is -3.58. The lowest BCUT2D eigenvalue weighted by Crippen LogP contribution is -2.28. The first-order valence-corrected chi connectivity index (χ1v) is 8.61. The fourth-order valence-electron chi connectivity index (χ4n) is 2.83. The van der Waals surface area contributed by atoms with Crippen molar-refractivity contribution in [2.24, 2.45) is 0 Å². The third-order valence-corrected chi connectivity index (χ3v) is 4.03. The molecule has 2 aromatic carbocycles. The number of nitrogens with one attached hydrogen (secondary N) is 1. The Morgan fingerprint density at radius 2 is 1.36 bits per heavy atom. The second-order valence-electron chi connectivity index (χ2n) is 5.83. The highest BCUT2D eigenvalue weighted by Gasteiger charge is 2.32. The quantitative estimate of drug-likeness (QED) is 0.661. The molecule has 1 saturated heterocycles. The topological polar surface area (TPSA) is 105 Å². The zero-order chi connectivity index (χ0) is 19.9. The van der Waals surface area contributed by atoms with E-state index in [2.05, 4.69) is 5.32 Å². The number of rotatable bonds is 6. The number of benzene rings is 2. The van der Waals surface area contributed by atoms with Crippen molar-refractivity contribution >= 4 is 23.0 Å². The molecule has 0 aromatic heterocycles. The molecular formula is C21H19NO6. The summed E-state index contributed by atoms with van der Waals surface area (Å²) in [4.78, 5) is 24.8. The molecule has 1 heterocycles. The van der Waals surface area contributed by atoms with Crippen molar-refractivity contribution in [3.05, 3.63) is 83.3 Å². The molecule has 0 atom stereocenters. The number of hydrogen-bond acceptors (Lipinski definition) is 5. The van der Waals surface area contributed by atoms with Crippen molar-refractivity contribution in [3.8, 4) is 0 Å². The lowest BCUT2D eigenvalue weighted by Gasteiger charge is -2.12. The molecule has 2 aromatic rings. The van der Waals surface area contributed by atoms with Gasteiger partial charge in [-0.15, -0.1) is 0 Å². The first-order valence-electron chi connectivity index (χ1n) is 8.61. The van der Waals surface area contributed by atoms with Crippen molar-refractivity contribution in [1.29, 1.82) is 0 Å². The molecule has 0 saturated carbocycles. The van der Waals surface area contributed by atoms with Gasteiger partial charge in [0.1, 0.15) is 5.57 Å². The molecule has 1 aliphatic heterocycles. The average Bonchev–Trinajstić information content (AvgIpc) is 3.17. The Morgan fingerprint density at radius 1 is 0.857 bits per heavy atom. The fourth-order valence-corrected chi connectivity index (χ4v) is 2.83. The van der Waals surface area contributed by atoms with Crippen molar-refractivity contribution < 1.29 is 29.3 Å². The monoisotopic (exact) mass is 381 g/mol. The van der Waals surface area contributed by atoms with Crippen LogP contribution in [0.15, 0.2) is 72.2 Å². The predicted molar refractivity (Wildman–Crippen MR) is 101 cm³/mol. The second-order valence-corrected chi connectivity index (χ2v) is 5.83. The molecule has 0 spiro atoms. The van der Waals surface area contributed by atoms with E-state index in [0.29, 0.717) is 11.1 Å². The molecule has 0 aliphatic carbocycles. The summed E-state index contributed by atoms with van der Waals surface area (Å²) in [6.45, 7) is -0.391. The van der Waals surface area contributed by atoms with Gasteiger partial charge < -0.3 is 25.0 Å². The van der Waals surface area contributed by atoms with Gasteiger partial charge in [-0.25, -0.2) is 4.79 Å². The van der Waals surface area contributed by atoms with Crippen LogP contribution in [-0.2, 0) is 19.1 Å². The summed E-state index contributed by atoms with van der Waals surface area (Å²) in [7, 11) is 0. The standard InChI is InChI=1S/C21H19NO6/c23-12-11-22-20(24)16(14-7-3-1-4-8-14)18-19(28-13-27-18)17(21(25)26)15-9-5-2-6-10-15/h1-10,23H,11-13H2,(H,22,24)(H,25,26). The van der Waals surface area contributed by atoms with E-state index in [-0.39, 0.29) is 42.6 Å².